The van der Waals surface area contributed by atoms with Crippen molar-refractivity contribution in [3.63, 3.8) is 0 Å². The van der Waals surface area contributed by atoms with Crippen molar-refractivity contribution >= 4 is 10.2 Å². The summed E-state index contributed by atoms with van der Waals surface area (Å²) >= 11 is 0. The molecule has 0 amide bonds. The molecule has 6 heteroatoms. The Kier molecular flexibility index (Phi) is 3.28. The maximum absolute atomic E-state index is 13.2. The maximum atomic E-state index is 13.2. The van der Waals surface area contributed by atoms with Gasteiger partial charge in [0.15, 0.2) is 11.6 Å². The third-order valence-electron chi connectivity index (χ3n) is 2.07. The molecule has 0 aliphatic heterocycles. The number of benzene rings is 1. The second-order valence-electron chi connectivity index (χ2n) is 3.01. The van der Waals surface area contributed by atoms with Crippen molar-refractivity contribution in [2.75, 3.05) is 7.11 Å². The van der Waals surface area contributed by atoms with E-state index < -0.39 is 21.3 Å². The van der Waals surface area contributed by atoms with Crippen LogP contribution < -0.4 is 4.74 Å². The molecule has 3 nitrogen and oxygen atoms in total. The molecule has 1 unspecified atom stereocenters. The molecule has 15 heavy (non-hydrogen) atoms. The summed E-state index contributed by atoms with van der Waals surface area (Å²) in [6, 6.07) is 3.51. The Bertz CT molecular complexity index is 456. The molecule has 0 aromatic heterocycles. The summed E-state index contributed by atoms with van der Waals surface area (Å²) < 4.78 is 51.6. The molecule has 0 fully saturated rings. The molecule has 0 aliphatic rings. The molecule has 0 N–H and O–H groups in total. The Morgan fingerprint density at radius 3 is 2.40 bits per heavy atom. The predicted octanol–water partition coefficient (Wildman–Crippen LogP) is 2.19. The predicted molar refractivity (Wildman–Crippen MR) is 51.4 cm³/mol. The molecular weight excluding hydrogens is 226 g/mol. The van der Waals surface area contributed by atoms with Crippen LogP contribution in [0.1, 0.15) is 17.7 Å². The van der Waals surface area contributed by atoms with Crippen molar-refractivity contribution < 1.29 is 21.4 Å². The van der Waals surface area contributed by atoms with Crippen LogP contribution in [0.3, 0.4) is 0 Å². The molecule has 84 valence electrons. The van der Waals surface area contributed by atoms with Crippen LogP contribution in [0.2, 0.25) is 0 Å². The maximum Gasteiger partial charge on any atom is 0.309 e. The second-order valence-corrected chi connectivity index (χ2v) is 4.67. The third-order valence-corrected chi connectivity index (χ3v) is 3.18. The number of ether oxygens (including phenoxy) is 1. The molecule has 1 aromatic rings. The Morgan fingerprint density at radius 1 is 1.40 bits per heavy atom. The van der Waals surface area contributed by atoms with Crippen LogP contribution in [-0.2, 0) is 10.2 Å². The minimum atomic E-state index is -4.70. The molecule has 1 aromatic carbocycles. The van der Waals surface area contributed by atoms with Gasteiger partial charge in [-0.25, -0.2) is 4.39 Å². The molecule has 0 saturated heterocycles. The van der Waals surface area contributed by atoms with Gasteiger partial charge in [0.1, 0.15) is 5.25 Å². The second kappa shape index (κ2) is 4.14. The van der Waals surface area contributed by atoms with Gasteiger partial charge in [0.25, 0.3) is 0 Å². The molecular formula is C9H10F2O3S. The van der Waals surface area contributed by atoms with E-state index in [1.165, 1.54) is 19.2 Å². The van der Waals surface area contributed by atoms with Crippen molar-refractivity contribution in [2.45, 2.75) is 12.2 Å². The van der Waals surface area contributed by atoms with E-state index in [0.29, 0.717) is 0 Å². The number of methoxy groups -OCH3 is 1. The summed E-state index contributed by atoms with van der Waals surface area (Å²) in [5.74, 6) is -0.729. The minimum absolute atomic E-state index is 0.0118. The Morgan fingerprint density at radius 2 is 2.00 bits per heavy atom. The first kappa shape index (κ1) is 11.9. The molecule has 0 bridgehead atoms. The van der Waals surface area contributed by atoms with Crippen LogP contribution in [0.4, 0.5) is 8.28 Å². The third kappa shape index (κ3) is 2.65. The van der Waals surface area contributed by atoms with Crippen LogP contribution in [0.25, 0.3) is 0 Å². The zero-order chi connectivity index (χ0) is 11.6. The van der Waals surface area contributed by atoms with Crippen molar-refractivity contribution in [3.05, 3.63) is 29.6 Å². The van der Waals surface area contributed by atoms with Crippen LogP contribution >= 0.6 is 0 Å². The largest absolute Gasteiger partial charge is 0.494 e. The topological polar surface area (TPSA) is 43.4 Å². The van der Waals surface area contributed by atoms with E-state index in [-0.39, 0.29) is 11.3 Å². The van der Waals surface area contributed by atoms with Gasteiger partial charge in [-0.3, -0.25) is 0 Å². The van der Waals surface area contributed by atoms with E-state index in [1.54, 1.807) is 0 Å². The Hall–Kier alpha value is -1.17. The van der Waals surface area contributed by atoms with Crippen LogP contribution in [0.15, 0.2) is 18.2 Å². The lowest BCUT2D eigenvalue weighted by Crippen LogP contribution is -2.04. The SMILES string of the molecule is COc1ccc(C(C)S(=O)(=O)F)cc1F. The highest BCUT2D eigenvalue weighted by Gasteiger charge is 2.22. The lowest BCUT2D eigenvalue weighted by Gasteiger charge is -2.08. The van der Waals surface area contributed by atoms with Gasteiger partial charge in [-0.05, 0) is 24.6 Å². The van der Waals surface area contributed by atoms with Gasteiger partial charge in [0.05, 0.1) is 7.11 Å². The highest BCUT2D eigenvalue weighted by Crippen LogP contribution is 2.27. The summed E-state index contributed by atoms with van der Waals surface area (Å²) in [7, 11) is -3.41. The van der Waals surface area contributed by atoms with Crippen LogP contribution in [0, 0.1) is 5.82 Å². The molecule has 1 rings (SSSR count). The van der Waals surface area contributed by atoms with Crippen molar-refractivity contribution in [3.8, 4) is 5.75 Å². The van der Waals surface area contributed by atoms with Gasteiger partial charge in [0.2, 0.25) is 0 Å². The van der Waals surface area contributed by atoms with E-state index in [2.05, 4.69) is 4.74 Å². The van der Waals surface area contributed by atoms with E-state index in [4.69, 9.17) is 0 Å². The highest BCUT2D eigenvalue weighted by molar-refractivity contribution is 7.86. The van der Waals surface area contributed by atoms with Gasteiger partial charge in [-0.2, -0.15) is 8.42 Å². The number of halogens is 2. The fourth-order valence-electron chi connectivity index (χ4n) is 1.10. The zero-order valence-electron chi connectivity index (χ0n) is 8.20. The van der Waals surface area contributed by atoms with Gasteiger partial charge in [-0.1, -0.05) is 6.07 Å². The van der Waals surface area contributed by atoms with Crippen molar-refractivity contribution in [1.29, 1.82) is 0 Å². The van der Waals surface area contributed by atoms with E-state index >= 15 is 0 Å². The van der Waals surface area contributed by atoms with Gasteiger partial charge in [0, 0.05) is 0 Å². The van der Waals surface area contributed by atoms with Gasteiger partial charge < -0.3 is 4.74 Å². The van der Waals surface area contributed by atoms with E-state index in [0.717, 1.165) is 13.0 Å². The summed E-state index contributed by atoms with van der Waals surface area (Å²) in [6.07, 6.45) is 0. The summed E-state index contributed by atoms with van der Waals surface area (Å²) in [4.78, 5) is 0. The highest BCUT2D eigenvalue weighted by atomic mass is 32.3. The fourth-order valence-corrected chi connectivity index (χ4v) is 1.57. The molecule has 0 spiro atoms. The number of hydrogen-bond acceptors (Lipinski definition) is 3. The van der Waals surface area contributed by atoms with Crippen molar-refractivity contribution in [2.24, 2.45) is 0 Å². The molecule has 0 heterocycles. The van der Waals surface area contributed by atoms with Gasteiger partial charge >= 0.3 is 10.2 Å². The fraction of sp³-hybridized carbons (Fsp3) is 0.333. The smallest absolute Gasteiger partial charge is 0.309 e. The average molecular weight is 236 g/mol. The first-order chi connectivity index (χ1) is 6.86. The summed E-state index contributed by atoms with van der Waals surface area (Å²) in [5.41, 5.74) is 0.0517. The Balaban J connectivity index is 3.13. The normalized spacial score (nSPS) is 13.6. The number of rotatable bonds is 3. The summed E-state index contributed by atoms with van der Waals surface area (Å²) in [6.45, 7) is 1.15. The number of hydrogen-bond donors (Lipinski definition) is 0. The molecule has 0 saturated carbocycles. The Labute approximate surface area is 86.9 Å². The summed E-state index contributed by atoms with van der Waals surface area (Å²) in [5, 5.41) is -1.38. The van der Waals surface area contributed by atoms with E-state index in [9.17, 15) is 16.7 Å². The van der Waals surface area contributed by atoms with E-state index in [1.807, 2.05) is 0 Å². The first-order valence-corrected chi connectivity index (χ1v) is 5.58. The monoisotopic (exact) mass is 236 g/mol. The van der Waals surface area contributed by atoms with Crippen LogP contribution in [0.5, 0.6) is 5.75 Å². The lowest BCUT2D eigenvalue weighted by molar-refractivity contribution is 0.386. The average Bonchev–Trinajstić information content (AvgIpc) is 2.15. The molecule has 0 aliphatic carbocycles. The quantitative estimate of drug-likeness (QED) is 0.755. The zero-order valence-corrected chi connectivity index (χ0v) is 9.01. The molecule has 1 atom stereocenters. The van der Waals surface area contributed by atoms with Gasteiger partial charge in [-0.15, -0.1) is 3.89 Å². The van der Waals surface area contributed by atoms with Crippen molar-refractivity contribution in [1.82, 2.24) is 0 Å². The standard InChI is InChI=1S/C9H10F2O3S/c1-6(15(11,12)13)7-3-4-9(14-2)8(10)5-7/h3-6H,1-2H3. The first-order valence-electron chi connectivity index (χ1n) is 4.13. The lowest BCUT2D eigenvalue weighted by atomic mass is 10.1. The van der Waals surface area contributed by atoms with Crippen LogP contribution in [-0.4, -0.2) is 15.5 Å². The minimum Gasteiger partial charge on any atom is -0.494 e. The molecule has 0 radical (unpaired) electrons.